The number of hydrogen-bond donors (Lipinski definition) is 3. The number of hydrogen-bond acceptors (Lipinski definition) is 3. The van der Waals surface area contributed by atoms with Gasteiger partial charge in [0.2, 0.25) is 0 Å². The average molecular weight is 502 g/mol. The standard InChI is InChI=1S/C12H12Br3N3O2S/c1-16-5-8-4-9(6-17-8)21(19,20)18-12-10(14)2-7(13)3-11(12)15/h2-4,6,16-18H,5H2,1H3. The van der Waals surface area contributed by atoms with Crippen LogP contribution < -0.4 is 10.0 Å². The minimum atomic E-state index is -3.65. The molecule has 0 aliphatic heterocycles. The molecule has 2 aromatic rings. The number of nitrogens with one attached hydrogen (secondary N) is 3. The third-order valence-corrected chi connectivity index (χ3v) is 5.67. The summed E-state index contributed by atoms with van der Waals surface area (Å²) in [6.07, 6.45) is 1.47. The van der Waals surface area contributed by atoms with Crippen LogP contribution in [0.2, 0.25) is 0 Å². The maximum Gasteiger partial charge on any atom is 0.263 e. The number of rotatable bonds is 5. The van der Waals surface area contributed by atoms with Gasteiger partial charge in [0.1, 0.15) is 4.90 Å². The third kappa shape index (κ3) is 4.10. The van der Waals surface area contributed by atoms with E-state index in [1.807, 2.05) is 0 Å². The summed E-state index contributed by atoms with van der Waals surface area (Å²) in [5.41, 5.74) is 1.25. The topological polar surface area (TPSA) is 74.0 Å². The molecule has 0 radical (unpaired) electrons. The van der Waals surface area contributed by atoms with Gasteiger partial charge in [-0.1, -0.05) is 15.9 Å². The number of anilines is 1. The van der Waals surface area contributed by atoms with E-state index in [-0.39, 0.29) is 4.90 Å². The van der Waals surface area contributed by atoms with Gasteiger partial charge in [0.25, 0.3) is 10.0 Å². The number of benzene rings is 1. The van der Waals surface area contributed by atoms with Crippen molar-refractivity contribution in [1.82, 2.24) is 10.3 Å². The molecule has 5 nitrogen and oxygen atoms in total. The van der Waals surface area contributed by atoms with Crippen molar-refractivity contribution >= 4 is 63.5 Å². The first-order valence-corrected chi connectivity index (χ1v) is 9.69. The highest BCUT2D eigenvalue weighted by Crippen LogP contribution is 2.35. The Hall–Kier alpha value is -0.350. The molecule has 3 N–H and O–H groups in total. The van der Waals surface area contributed by atoms with E-state index in [1.54, 1.807) is 25.2 Å². The molecule has 1 aromatic heterocycles. The maximum absolute atomic E-state index is 12.4. The summed E-state index contributed by atoms with van der Waals surface area (Å²) >= 11 is 10.0. The molecule has 2 rings (SSSR count). The van der Waals surface area contributed by atoms with Gasteiger partial charge in [-0.15, -0.1) is 0 Å². The molecule has 0 unspecified atom stereocenters. The van der Waals surface area contributed by atoms with Gasteiger partial charge in [-0.05, 0) is 57.1 Å². The summed E-state index contributed by atoms with van der Waals surface area (Å²) in [5, 5.41) is 2.96. The number of sulfonamides is 1. The quantitative estimate of drug-likeness (QED) is 0.583. The van der Waals surface area contributed by atoms with Gasteiger partial charge in [0.05, 0.1) is 5.69 Å². The zero-order valence-electron chi connectivity index (χ0n) is 10.9. The Kier molecular flexibility index (Phi) is 5.53. The number of H-pyrrole nitrogens is 1. The highest BCUT2D eigenvalue weighted by atomic mass is 79.9. The Morgan fingerprint density at radius 1 is 1.14 bits per heavy atom. The molecule has 0 amide bonds. The first-order chi connectivity index (χ1) is 9.83. The second kappa shape index (κ2) is 6.82. The fourth-order valence-electron chi connectivity index (χ4n) is 1.70. The van der Waals surface area contributed by atoms with Crippen molar-refractivity contribution in [3.8, 4) is 0 Å². The number of aromatic amines is 1. The Labute approximate surface area is 148 Å². The van der Waals surface area contributed by atoms with E-state index in [4.69, 9.17) is 0 Å². The van der Waals surface area contributed by atoms with Crippen molar-refractivity contribution in [3.05, 3.63) is 43.5 Å². The van der Waals surface area contributed by atoms with E-state index >= 15 is 0 Å². The van der Waals surface area contributed by atoms with Gasteiger partial charge in [0.15, 0.2) is 0 Å². The summed E-state index contributed by atoms with van der Waals surface area (Å²) in [6.45, 7) is 0.571. The van der Waals surface area contributed by atoms with Crippen LogP contribution in [-0.2, 0) is 16.6 Å². The average Bonchev–Trinajstić information content (AvgIpc) is 2.84. The number of aromatic nitrogens is 1. The van der Waals surface area contributed by atoms with Crippen molar-refractivity contribution in [2.45, 2.75) is 11.4 Å². The normalized spacial score (nSPS) is 11.6. The predicted octanol–water partition coefficient (Wildman–Crippen LogP) is 3.82. The van der Waals surface area contributed by atoms with Crippen LogP contribution >= 0.6 is 47.8 Å². The summed E-state index contributed by atoms with van der Waals surface area (Å²) in [6, 6.07) is 5.14. The van der Waals surface area contributed by atoms with E-state index < -0.39 is 10.0 Å². The second-order valence-corrected chi connectivity index (χ2v) is 8.55. The van der Waals surface area contributed by atoms with Crippen LogP contribution in [0.15, 0.2) is 42.7 Å². The van der Waals surface area contributed by atoms with E-state index in [1.165, 1.54) is 6.20 Å². The Balaban J connectivity index is 2.33. The fourth-order valence-corrected chi connectivity index (χ4v) is 5.54. The molecule has 0 bridgehead atoms. The molecule has 0 saturated heterocycles. The monoisotopic (exact) mass is 499 g/mol. The maximum atomic E-state index is 12.4. The molecular weight excluding hydrogens is 490 g/mol. The van der Waals surface area contributed by atoms with Crippen molar-refractivity contribution in [2.24, 2.45) is 0 Å². The van der Waals surface area contributed by atoms with E-state index in [0.717, 1.165) is 10.2 Å². The van der Waals surface area contributed by atoms with Crippen molar-refractivity contribution in [2.75, 3.05) is 11.8 Å². The van der Waals surface area contributed by atoms with Gasteiger partial charge in [0, 0.05) is 31.9 Å². The van der Waals surface area contributed by atoms with Crippen LogP contribution in [0.5, 0.6) is 0 Å². The van der Waals surface area contributed by atoms with Crippen LogP contribution in [-0.4, -0.2) is 20.4 Å². The van der Waals surface area contributed by atoms with E-state index in [2.05, 4.69) is 62.8 Å². The molecular formula is C12H12Br3N3O2S. The first-order valence-electron chi connectivity index (χ1n) is 5.83. The fraction of sp³-hybridized carbons (Fsp3) is 0.167. The van der Waals surface area contributed by atoms with Crippen LogP contribution in [0.3, 0.4) is 0 Å². The Bertz CT molecular complexity index is 736. The van der Waals surface area contributed by atoms with Crippen LogP contribution in [0, 0.1) is 0 Å². The van der Waals surface area contributed by atoms with Gasteiger partial charge >= 0.3 is 0 Å². The van der Waals surface area contributed by atoms with E-state index in [9.17, 15) is 8.42 Å². The van der Waals surface area contributed by atoms with E-state index in [0.29, 0.717) is 21.2 Å². The molecule has 0 spiro atoms. The lowest BCUT2D eigenvalue weighted by Crippen LogP contribution is -2.13. The largest absolute Gasteiger partial charge is 0.363 e. The molecule has 0 atom stereocenters. The summed E-state index contributed by atoms with van der Waals surface area (Å²) in [7, 11) is -1.86. The smallest absolute Gasteiger partial charge is 0.263 e. The molecule has 9 heteroatoms. The van der Waals surface area contributed by atoms with Crippen molar-refractivity contribution in [3.63, 3.8) is 0 Å². The Morgan fingerprint density at radius 2 is 1.76 bits per heavy atom. The lowest BCUT2D eigenvalue weighted by Gasteiger charge is -2.11. The molecule has 21 heavy (non-hydrogen) atoms. The van der Waals surface area contributed by atoms with Crippen LogP contribution in [0.1, 0.15) is 5.69 Å². The molecule has 0 saturated carbocycles. The Morgan fingerprint density at radius 3 is 2.33 bits per heavy atom. The zero-order valence-corrected chi connectivity index (χ0v) is 16.4. The van der Waals surface area contributed by atoms with Crippen LogP contribution in [0.4, 0.5) is 5.69 Å². The third-order valence-electron chi connectivity index (χ3n) is 2.64. The molecule has 0 fully saturated rings. The molecule has 114 valence electrons. The van der Waals surface area contributed by atoms with Crippen LogP contribution in [0.25, 0.3) is 0 Å². The lowest BCUT2D eigenvalue weighted by atomic mass is 10.3. The summed E-state index contributed by atoms with van der Waals surface area (Å²) in [5.74, 6) is 0. The highest BCUT2D eigenvalue weighted by molar-refractivity contribution is 9.11. The number of halogens is 3. The SMILES string of the molecule is CNCc1cc(S(=O)(=O)Nc2c(Br)cc(Br)cc2Br)c[nH]1. The minimum Gasteiger partial charge on any atom is -0.363 e. The highest BCUT2D eigenvalue weighted by Gasteiger charge is 2.19. The van der Waals surface area contributed by atoms with Gasteiger partial charge in [-0.2, -0.15) is 0 Å². The van der Waals surface area contributed by atoms with Gasteiger partial charge in [-0.3, -0.25) is 4.72 Å². The molecule has 1 aromatic carbocycles. The van der Waals surface area contributed by atoms with Gasteiger partial charge < -0.3 is 10.3 Å². The summed E-state index contributed by atoms with van der Waals surface area (Å²) < 4.78 is 29.5. The first kappa shape index (κ1) is 17.0. The molecule has 1 heterocycles. The van der Waals surface area contributed by atoms with Crippen molar-refractivity contribution in [1.29, 1.82) is 0 Å². The summed E-state index contributed by atoms with van der Waals surface area (Å²) in [4.78, 5) is 3.11. The minimum absolute atomic E-state index is 0.189. The zero-order chi connectivity index (χ0) is 15.6. The van der Waals surface area contributed by atoms with Gasteiger partial charge in [-0.25, -0.2) is 8.42 Å². The lowest BCUT2D eigenvalue weighted by molar-refractivity contribution is 0.601. The molecule has 0 aliphatic carbocycles. The molecule has 0 aliphatic rings. The van der Waals surface area contributed by atoms with Crippen molar-refractivity contribution < 1.29 is 8.42 Å². The predicted molar refractivity (Wildman–Crippen MR) is 93.9 cm³/mol. The second-order valence-electron chi connectivity index (χ2n) is 4.24.